The lowest BCUT2D eigenvalue weighted by molar-refractivity contribution is -0.140. The van der Waals surface area contributed by atoms with E-state index in [1.54, 1.807) is 25.2 Å². The highest BCUT2D eigenvalue weighted by atomic mass is 16.2. The standard InChI is InChI=1S/C23H22N4O3/c1-14-15(2)25-19-11-17(9-10-18(19)24-14)22(29)26(3)20-12-21(28)27(23(20)30)13-16-7-5-4-6-8-16/h4-11,20H,12-13H2,1-3H3/t20-/m1/s1. The van der Waals surface area contributed by atoms with E-state index in [4.69, 9.17) is 0 Å². The lowest BCUT2D eigenvalue weighted by atomic mass is 10.1. The molecule has 0 radical (unpaired) electrons. The quantitative estimate of drug-likeness (QED) is 0.627. The maximum atomic E-state index is 13.0. The normalized spacial score (nSPS) is 16.4. The molecule has 2 aromatic carbocycles. The molecular weight excluding hydrogens is 380 g/mol. The fraction of sp³-hybridized carbons (Fsp3) is 0.261. The van der Waals surface area contributed by atoms with Crippen molar-refractivity contribution in [2.45, 2.75) is 32.9 Å². The van der Waals surface area contributed by atoms with Crippen LogP contribution in [0.4, 0.5) is 0 Å². The Hall–Kier alpha value is -3.61. The van der Waals surface area contributed by atoms with Crippen LogP contribution in [0.5, 0.6) is 0 Å². The van der Waals surface area contributed by atoms with Crippen LogP contribution in [0.25, 0.3) is 11.0 Å². The molecule has 0 unspecified atom stereocenters. The van der Waals surface area contributed by atoms with Gasteiger partial charge < -0.3 is 4.90 Å². The van der Waals surface area contributed by atoms with E-state index in [1.807, 2.05) is 44.2 Å². The van der Waals surface area contributed by atoms with Crippen LogP contribution in [0, 0.1) is 13.8 Å². The number of imide groups is 1. The molecular formula is C23H22N4O3. The van der Waals surface area contributed by atoms with Gasteiger partial charge in [-0.15, -0.1) is 0 Å². The summed E-state index contributed by atoms with van der Waals surface area (Å²) < 4.78 is 0. The predicted molar refractivity (Wildman–Crippen MR) is 112 cm³/mol. The lowest BCUT2D eigenvalue weighted by Gasteiger charge is -2.23. The van der Waals surface area contributed by atoms with Crippen LogP contribution >= 0.6 is 0 Å². The van der Waals surface area contributed by atoms with Crippen LogP contribution < -0.4 is 0 Å². The summed E-state index contributed by atoms with van der Waals surface area (Å²) in [5.74, 6) is -0.958. The molecule has 3 amide bonds. The van der Waals surface area contributed by atoms with E-state index < -0.39 is 6.04 Å². The molecule has 1 saturated heterocycles. The minimum Gasteiger partial charge on any atom is -0.329 e. The van der Waals surface area contributed by atoms with Crippen molar-refractivity contribution in [3.63, 3.8) is 0 Å². The van der Waals surface area contributed by atoms with Crippen molar-refractivity contribution >= 4 is 28.8 Å². The van der Waals surface area contributed by atoms with Gasteiger partial charge in [-0.25, -0.2) is 9.97 Å². The number of carbonyl (C=O) groups excluding carboxylic acids is 3. The molecule has 1 aromatic heterocycles. The molecule has 7 nitrogen and oxygen atoms in total. The van der Waals surface area contributed by atoms with E-state index in [-0.39, 0.29) is 30.7 Å². The Kier molecular flexibility index (Phi) is 5.03. The maximum absolute atomic E-state index is 13.0. The zero-order chi connectivity index (χ0) is 21.4. The van der Waals surface area contributed by atoms with Gasteiger partial charge in [-0.1, -0.05) is 30.3 Å². The molecule has 3 aromatic rings. The Morgan fingerprint density at radius 1 is 1.03 bits per heavy atom. The second-order valence-electron chi connectivity index (χ2n) is 7.54. The zero-order valence-electron chi connectivity index (χ0n) is 17.1. The molecule has 1 atom stereocenters. The summed E-state index contributed by atoms with van der Waals surface area (Å²) in [5, 5.41) is 0. The summed E-state index contributed by atoms with van der Waals surface area (Å²) in [6.45, 7) is 3.96. The van der Waals surface area contributed by atoms with E-state index in [0.717, 1.165) is 17.0 Å². The van der Waals surface area contributed by atoms with Crippen molar-refractivity contribution in [1.82, 2.24) is 19.8 Å². The number of rotatable bonds is 4. The minimum absolute atomic E-state index is 0.0143. The van der Waals surface area contributed by atoms with Crippen molar-refractivity contribution in [2.24, 2.45) is 0 Å². The van der Waals surface area contributed by atoms with Crippen LogP contribution in [0.2, 0.25) is 0 Å². The number of fused-ring (bicyclic) bond motifs is 1. The Bertz CT molecular complexity index is 1160. The minimum atomic E-state index is -0.810. The zero-order valence-corrected chi connectivity index (χ0v) is 17.1. The first-order valence-corrected chi connectivity index (χ1v) is 9.75. The number of likely N-dealkylation sites (N-methyl/N-ethyl adjacent to an activating group) is 1. The Morgan fingerprint density at radius 3 is 2.40 bits per heavy atom. The second-order valence-corrected chi connectivity index (χ2v) is 7.54. The van der Waals surface area contributed by atoms with E-state index in [0.29, 0.717) is 16.6 Å². The Balaban J connectivity index is 1.55. The molecule has 30 heavy (non-hydrogen) atoms. The largest absolute Gasteiger partial charge is 0.329 e. The van der Waals surface area contributed by atoms with E-state index in [9.17, 15) is 14.4 Å². The van der Waals surface area contributed by atoms with Crippen molar-refractivity contribution < 1.29 is 14.4 Å². The number of aromatic nitrogens is 2. The van der Waals surface area contributed by atoms with E-state index in [2.05, 4.69) is 9.97 Å². The van der Waals surface area contributed by atoms with Gasteiger partial charge in [0.25, 0.3) is 11.8 Å². The van der Waals surface area contributed by atoms with Gasteiger partial charge in [0.15, 0.2) is 0 Å². The number of amides is 3. The number of hydrogen-bond acceptors (Lipinski definition) is 5. The van der Waals surface area contributed by atoms with Gasteiger partial charge in [0.2, 0.25) is 5.91 Å². The SMILES string of the molecule is Cc1nc2ccc(C(=O)N(C)[C@@H]3CC(=O)N(Cc4ccccc4)C3=O)cc2nc1C. The fourth-order valence-electron chi connectivity index (χ4n) is 3.61. The number of likely N-dealkylation sites (tertiary alicyclic amines) is 1. The highest BCUT2D eigenvalue weighted by molar-refractivity contribution is 6.08. The third kappa shape index (κ3) is 3.54. The predicted octanol–water partition coefficient (Wildman–Crippen LogP) is 2.65. The topological polar surface area (TPSA) is 83.5 Å². The van der Waals surface area contributed by atoms with Crippen molar-refractivity contribution in [2.75, 3.05) is 7.05 Å². The van der Waals surface area contributed by atoms with Gasteiger partial charge >= 0.3 is 0 Å². The van der Waals surface area contributed by atoms with Gasteiger partial charge in [0, 0.05) is 12.6 Å². The summed E-state index contributed by atoms with van der Waals surface area (Å²) in [4.78, 5) is 49.9. The molecule has 152 valence electrons. The Labute approximate surface area is 174 Å². The van der Waals surface area contributed by atoms with E-state index in [1.165, 1.54) is 9.80 Å². The van der Waals surface area contributed by atoms with E-state index >= 15 is 0 Å². The highest BCUT2D eigenvalue weighted by Crippen LogP contribution is 2.23. The summed E-state index contributed by atoms with van der Waals surface area (Å²) in [5.41, 5.74) is 4.24. The van der Waals surface area contributed by atoms with Gasteiger partial charge in [0.05, 0.1) is 35.4 Å². The average molecular weight is 402 g/mol. The molecule has 1 aliphatic rings. The van der Waals surface area contributed by atoms with Crippen LogP contribution in [0.1, 0.15) is 33.7 Å². The van der Waals surface area contributed by atoms with Gasteiger partial charge in [-0.2, -0.15) is 0 Å². The monoisotopic (exact) mass is 402 g/mol. The smallest absolute Gasteiger partial charge is 0.254 e. The van der Waals surface area contributed by atoms with Gasteiger partial charge in [-0.3, -0.25) is 19.3 Å². The van der Waals surface area contributed by atoms with Crippen LogP contribution in [-0.2, 0) is 16.1 Å². The molecule has 0 saturated carbocycles. The Morgan fingerprint density at radius 2 is 1.70 bits per heavy atom. The highest BCUT2D eigenvalue weighted by Gasteiger charge is 2.42. The number of benzene rings is 2. The van der Waals surface area contributed by atoms with Crippen molar-refractivity contribution in [1.29, 1.82) is 0 Å². The molecule has 1 fully saturated rings. The van der Waals surface area contributed by atoms with Crippen molar-refractivity contribution in [3.05, 3.63) is 71.0 Å². The first-order valence-electron chi connectivity index (χ1n) is 9.75. The molecule has 0 bridgehead atoms. The van der Waals surface area contributed by atoms with Gasteiger partial charge in [0.1, 0.15) is 6.04 Å². The van der Waals surface area contributed by atoms with Gasteiger partial charge in [-0.05, 0) is 37.6 Å². The fourth-order valence-corrected chi connectivity index (χ4v) is 3.61. The third-order valence-corrected chi connectivity index (χ3v) is 5.51. The molecule has 7 heteroatoms. The molecule has 0 aliphatic carbocycles. The lowest BCUT2D eigenvalue weighted by Crippen LogP contribution is -2.42. The summed E-state index contributed by atoms with van der Waals surface area (Å²) >= 11 is 0. The summed E-state index contributed by atoms with van der Waals surface area (Å²) in [6.07, 6.45) is -0.0143. The second kappa shape index (κ2) is 7.67. The van der Waals surface area contributed by atoms with Crippen molar-refractivity contribution in [3.8, 4) is 0 Å². The number of aryl methyl sites for hydroxylation is 2. The molecule has 0 spiro atoms. The number of hydrogen-bond donors (Lipinski definition) is 0. The maximum Gasteiger partial charge on any atom is 0.254 e. The first kappa shape index (κ1) is 19.7. The molecule has 1 aliphatic heterocycles. The number of nitrogens with zero attached hydrogens (tertiary/aromatic N) is 4. The summed E-state index contributed by atoms with van der Waals surface area (Å²) in [7, 11) is 1.56. The molecule has 0 N–H and O–H groups in total. The molecule has 4 rings (SSSR count). The van der Waals surface area contributed by atoms with Crippen LogP contribution in [0.15, 0.2) is 48.5 Å². The number of carbonyl (C=O) groups is 3. The average Bonchev–Trinajstić information content (AvgIpc) is 3.02. The first-order chi connectivity index (χ1) is 14.3. The van der Waals surface area contributed by atoms with Crippen LogP contribution in [0.3, 0.4) is 0 Å². The third-order valence-electron chi connectivity index (χ3n) is 5.51. The van der Waals surface area contributed by atoms with Crippen LogP contribution in [-0.4, -0.2) is 50.6 Å². The summed E-state index contributed by atoms with van der Waals surface area (Å²) in [6, 6.07) is 13.6. The molecule has 2 heterocycles.